The quantitative estimate of drug-likeness (QED) is 0.727. The van der Waals surface area contributed by atoms with Crippen molar-refractivity contribution in [2.45, 2.75) is 31.7 Å². The smallest absolute Gasteiger partial charge is 0.214 e. The van der Waals surface area contributed by atoms with Crippen molar-refractivity contribution in [3.63, 3.8) is 0 Å². The van der Waals surface area contributed by atoms with Crippen LogP contribution in [0.2, 0.25) is 0 Å². The van der Waals surface area contributed by atoms with E-state index in [0.29, 0.717) is 24.4 Å². The third kappa shape index (κ3) is 4.50. The monoisotopic (exact) mass is 313 g/mol. The van der Waals surface area contributed by atoms with Gasteiger partial charge >= 0.3 is 0 Å². The second kappa shape index (κ2) is 6.60. The van der Waals surface area contributed by atoms with Crippen LogP contribution in [0.5, 0.6) is 0 Å². The number of aromatic nitrogens is 1. The van der Waals surface area contributed by atoms with Gasteiger partial charge in [0.15, 0.2) is 0 Å². The maximum absolute atomic E-state index is 12.4. The number of thiocarbonyl (C=S) groups is 1. The van der Waals surface area contributed by atoms with Crippen LogP contribution < -0.4 is 5.73 Å². The predicted octanol–water partition coefficient (Wildman–Crippen LogP) is 1.09. The molecule has 1 aromatic rings. The van der Waals surface area contributed by atoms with Crippen molar-refractivity contribution < 1.29 is 8.42 Å². The molecule has 1 aliphatic carbocycles. The third-order valence-corrected chi connectivity index (χ3v) is 5.41. The van der Waals surface area contributed by atoms with Gasteiger partial charge in [-0.25, -0.2) is 8.42 Å². The molecule has 0 aliphatic heterocycles. The van der Waals surface area contributed by atoms with E-state index in [4.69, 9.17) is 18.0 Å². The molecular weight excluding hydrogens is 294 g/mol. The zero-order chi connectivity index (χ0) is 14.6. The standard InChI is InChI=1S/C13H19N3O2S2/c14-13(19)5-9-16(12-1-2-12)20(17,18)10-6-11-3-7-15-8-4-11/h3-4,7-8,12H,1-2,5-6,9-10H2,(H2,14,19). The maximum Gasteiger partial charge on any atom is 0.214 e. The Kier molecular flexibility index (Phi) is 5.06. The molecule has 1 aliphatic rings. The molecule has 1 fully saturated rings. The van der Waals surface area contributed by atoms with E-state index in [1.807, 2.05) is 12.1 Å². The molecule has 0 bridgehead atoms. The fraction of sp³-hybridized carbons (Fsp3) is 0.538. The summed E-state index contributed by atoms with van der Waals surface area (Å²) >= 11 is 4.83. The third-order valence-electron chi connectivity index (χ3n) is 3.29. The molecule has 0 aromatic carbocycles. The minimum absolute atomic E-state index is 0.116. The Morgan fingerprint density at radius 2 is 2.05 bits per heavy atom. The number of aryl methyl sites for hydroxylation is 1. The van der Waals surface area contributed by atoms with Crippen molar-refractivity contribution in [2.24, 2.45) is 5.73 Å². The lowest BCUT2D eigenvalue weighted by atomic mass is 10.2. The highest BCUT2D eigenvalue weighted by Gasteiger charge is 2.36. The molecule has 1 heterocycles. The first-order chi connectivity index (χ1) is 9.49. The van der Waals surface area contributed by atoms with Crippen LogP contribution in [0.1, 0.15) is 24.8 Å². The Morgan fingerprint density at radius 3 is 2.60 bits per heavy atom. The molecule has 20 heavy (non-hydrogen) atoms. The minimum atomic E-state index is -3.26. The summed E-state index contributed by atoms with van der Waals surface area (Å²) in [5, 5.41) is 0. The lowest BCUT2D eigenvalue weighted by molar-refractivity contribution is 0.413. The van der Waals surface area contributed by atoms with E-state index in [-0.39, 0.29) is 11.8 Å². The normalized spacial score (nSPS) is 15.4. The first-order valence-electron chi connectivity index (χ1n) is 6.66. The number of hydrogen-bond donors (Lipinski definition) is 1. The Morgan fingerprint density at radius 1 is 1.40 bits per heavy atom. The van der Waals surface area contributed by atoms with Gasteiger partial charge in [-0.2, -0.15) is 4.31 Å². The summed E-state index contributed by atoms with van der Waals surface area (Å²) < 4.78 is 26.4. The molecule has 0 saturated heterocycles. The van der Waals surface area contributed by atoms with Crippen LogP contribution >= 0.6 is 12.2 Å². The molecule has 0 atom stereocenters. The summed E-state index contributed by atoms with van der Waals surface area (Å²) in [7, 11) is -3.26. The second-order valence-corrected chi connectivity index (χ2v) is 7.55. The van der Waals surface area contributed by atoms with Crippen molar-refractivity contribution in [2.75, 3.05) is 12.3 Å². The van der Waals surface area contributed by atoms with E-state index < -0.39 is 10.0 Å². The van der Waals surface area contributed by atoms with E-state index in [9.17, 15) is 8.42 Å². The molecule has 2 rings (SSSR count). The summed E-state index contributed by atoms with van der Waals surface area (Å²) in [6, 6.07) is 3.82. The Labute approximate surface area is 125 Å². The lowest BCUT2D eigenvalue weighted by Crippen LogP contribution is -2.37. The van der Waals surface area contributed by atoms with Gasteiger partial charge in [0.05, 0.1) is 10.7 Å². The van der Waals surface area contributed by atoms with Gasteiger partial charge in [0.2, 0.25) is 10.0 Å². The van der Waals surface area contributed by atoms with Crippen LogP contribution in [-0.2, 0) is 16.4 Å². The van der Waals surface area contributed by atoms with Crippen molar-refractivity contribution >= 4 is 27.2 Å². The first kappa shape index (κ1) is 15.3. The van der Waals surface area contributed by atoms with E-state index in [1.165, 1.54) is 0 Å². The van der Waals surface area contributed by atoms with Crippen molar-refractivity contribution in [3.05, 3.63) is 30.1 Å². The van der Waals surface area contributed by atoms with E-state index >= 15 is 0 Å². The van der Waals surface area contributed by atoms with Gasteiger partial charge in [0, 0.05) is 31.4 Å². The summed E-state index contributed by atoms with van der Waals surface area (Å²) in [4.78, 5) is 4.29. The van der Waals surface area contributed by atoms with Gasteiger partial charge in [-0.15, -0.1) is 0 Å². The van der Waals surface area contributed by atoms with Crippen molar-refractivity contribution in [3.8, 4) is 0 Å². The molecule has 0 radical (unpaired) electrons. The van der Waals surface area contributed by atoms with Gasteiger partial charge in [-0.05, 0) is 37.0 Å². The average molecular weight is 313 g/mol. The molecule has 0 unspecified atom stereocenters. The fourth-order valence-corrected chi connectivity index (χ4v) is 3.90. The van der Waals surface area contributed by atoms with E-state index in [1.54, 1.807) is 16.7 Å². The van der Waals surface area contributed by atoms with E-state index in [0.717, 1.165) is 18.4 Å². The summed E-state index contributed by atoms with van der Waals surface area (Å²) in [5.74, 6) is 0.116. The number of pyridine rings is 1. The number of sulfonamides is 1. The van der Waals surface area contributed by atoms with Gasteiger partial charge in [-0.1, -0.05) is 12.2 Å². The van der Waals surface area contributed by atoms with Gasteiger partial charge in [-0.3, -0.25) is 4.98 Å². The molecule has 110 valence electrons. The number of nitrogens with two attached hydrogens (primary N) is 1. The zero-order valence-electron chi connectivity index (χ0n) is 11.2. The number of nitrogens with zero attached hydrogens (tertiary/aromatic N) is 2. The molecule has 5 nitrogen and oxygen atoms in total. The Hall–Kier alpha value is -1.05. The molecule has 7 heteroatoms. The SMILES string of the molecule is NC(=S)CCN(C1CC1)S(=O)(=O)CCc1ccncc1. The van der Waals surface area contributed by atoms with Crippen LogP contribution in [0.25, 0.3) is 0 Å². The molecule has 0 amide bonds. The Bertz CT molecular complexity index is 556. The fourth-order valence-electron chi connectivity index (χ4n) is 2.05. The van der Waals surface area contributed by atoms with E-state index in [2.05, 4.69) is 4.98 Å². The highest BCUT2D eigenvalue weighted by Crippen LogP contribution is 2.29. The lowest BCUT2D eigenvalue weighted by Gasteiger charge is -2.21. The highest BCUT2D eigenvalue weighted by atomic mass is 32.2. The largest absolute Gasteiger partial charge is 0.393 e. The average Bonchev–Trinajstić information content (AvgIpc) is 3.22. The van der Waals surface area contributed by atoms with Gasteiger partial charge in [0.1, 0.15) is 0 Å². The molecule has 0 spiro atoms. The molecule has 1 aromatic heterocycles. The maximum atomic E-state index is 12.4. The second-order valence-electron chi connectivity index (χ2n) is 4.98. The first-order valence-corrected chi connectivity index (χ1v) is 8.67. The predicted molar refractivity (Wildman–Crippen MR) is 82.9 cm³/mol. The molecule has 1 saturated carbocycles. The van der Waals surface area contributed by atoms with Crippen molar-refractivity contribution in [1.29, 1.82) is 0 Å². The summed E-state index contributed by atoms with van der Waals surface area (Å²) in [6.07, 6.45) is 6.17. The van der Waals surface area contributed by atoms with Crippen LogP contribution in [-0.4, -0.2) is 41.0 Å². The number of rotatable bonds is 8. The molecular formula is C13H19N3O2S2. The van der Waals surface area contributed by atoms with Crippen LogP contribution in [0.15, 0.2) is 24.5 Å². The zero-order valence-corrected chi connectivity index (χ0v) is 12.9. The summed E-state index contributed by atoms with van der Waals surface area (Å²) in [6.45, 7) is 0.401. The summed E-state index contributed by atoms with van der Waals surface area (Å²) in [5.41, 5.74) is 6.45. The van der Waals surface area contributed by atoms with Crippen LogP contribution in [0.3, 0.4) is 0 Å². The van der Waals surface area contributed by atoms with Crippen LogP contribution in [0.4, 0.5) is 0 Å². The topological polar surface area (TPSA) is 76.3 Å². The van der Waals surface area contributed by atoms with Gasteiger partial charge in [0.25, 0.3) is 0 Å². The minimum Gasteiger partial charge on any atom is -0.393 e. The van der Waals surface area contributed by atoms with Crippen LogP contribution in [0, 0.1) is 0 Å². The van der Waals surface area contributed by atoms with Gasteiger partial charge < -0.3 is 5.73 Å². The Balaban J connectivity index is 1.97. The highest BCUT2D eigenvalue weighted by molar-refractivity contribution is 7.89. The number of hydrogen-bond acceptors (Lipinski definition) is 4. The van der Waals surface area contributed by atoms with Crippen molar-refractivity contribution in [1.82, 2.24) is 9.29 Å². The molecule has 2 N–H and O–H groups in total.